The molecule has 0 aromatic carbocycles. The second kappa shape index (κ2) is 5.69. The summed E-state index contributed by atoms with van der Waals surface area (Å²) in [5.74, 6) is 0.538. The molecule has 19 heavy (non-hydrogen) atoms. The molecular weight excluding hydrogens is 262 g/mol. The van der Waals surface area contributed by atoms with Gasteiger partial charge < -0.3 is 20.7 Å². The predicted molar refractivity (Wildman–Crippen MR) is 79.3 cm³/mol. The van der Waals surface area contributed by atoms with Gasteiger partial charge in [-0.05, 0) is 26.7 Å². The lowest BCUT2D eigenvalue weighted by atomic mass is 10.3. The number of ether oxygens (including phenoxy) is 1. The van der Waals surface area contributed by atoms with Gasteiger partial charge in [0.2, 0.25) is 0 Å². The second-order valence-electron chi connectivity index (χ2n) is 4.60. The smallest absolute Gasteiger partial charge is 0.263 e. The summed E-state index contributed by atoms with van der Waals surface area (Å²) in [4.78, 5) is 14.8. The molecule has 1 aliphatic carbocycles. The number of carbonyl (C=O) groups is 1. The maximum absolute atomic E-state index is 12.1. The summed E-state index contributed by atoms with van der Waals surface area (Å²) < 4.78 is 5.38. The van der Waals surface area contributed by atoms with Crippen molar-refractivity contribution in [2.45, 2.75) is 32.7 Å². The molecule has 0 saturated heterocycles. The lowest BCUT2D eigenvalue weighted by Crippen LogP contribution is -2.25. The number of nitrogens with one attached hydrogen (secondary N) is 1. The quantitative estimate of drug-likeness (QED) is 0.839. The first-order valence-corrected chi connectivity index (χ1v) is 7.46. The van der Waals surface area contributed by atoms with Gasteiger partial charge in [-0.3, -0.25) is 4.79 Å². The van der Waals surface area contributed by atoms with Crippen LogP contribution in [-0.2, 0) is 0 Å². The van der Waals surface area contributed by atoms with Crippen LogP contribution in [0.2, 0.25) is 0 Å². The maximum atomic E-state index is 12.1. The standard InChI is InChI=1S/C13H21N3O2S/c1-4-16(5-2)13-10(18-3)9(14)11(19-13)12(17)15-8-6-7-8/h8H,4-7,14H2,1-3H3,(H,15,17). The molecule has 106 valence electrons. The van der Waals surface area contributed by atoms with E-state index in [9.17, 15) is 4.79 Å². The van der Waals surface area contributed by atoms with Gasteiger partial charge in [0.15, 0.2) is 5.75 Å². The SMILES string of the molecule is CCN(CC)c1sc(C(=O)NC2CC2)c(N)c1OC. The minimum absolute atomic E-state index is 0.0818. The molecule has 5 nitrogen and oxygen atoms in total. The van der Waals surface area contributed by atoms with E-state index in [-0.39, 0.29) is 5.91 Å². The van der Waals surface area contributed by atoms with Crippen LogP contribution in [0.25, 0.3) is 0 Å². The summed E-state index contributed by atoms with van der Waals surface area (Å²) in [6, 6.07) is 0.330. The van der Waals surface area contributed by atoms with Gasteiger partial charge in [0.1, 0.15) is 15.6 Å². The van der Waals surface area contributed by atoms with Crippen molar-refractivity contribution in [3.05, 3.63) is 4.88 Å². The molecule has 3 N–H and O–H groups in total. The van der Waals surface area contributed by atoms with E-state index in [0.717, 1.165) is 30.9 Å². The molecule has 1 aliphatic rings. The monoisotopic (exact) mass is 283 g/mol. The highest BCUT2D eigenvalue weighted by Crippen LogP contribution is 2.44. The van der Waals surface area contributed by atoms with Crippen molar-refractivity contribution < 1.29 is 9.53 Å². The van der Waals surface area contributed by atoms with Crippen molar-refractivity contribution in [2.75, 3.05) is 30.8 Å². The first-order valence-electron chi connectivity index (χ1n) is 6.64. The zero-order valence-electron chi connectivity index (χ0n) is 11.7. The number of hydrogen-bond acceptors (Lipinski definition) is 5. The molecule has 0 unspecified atom stereocenters. The van der Waals surface area contributed by atoms with Gasteiger partial charge in [0.25, 0.3) is 5.91 Å². The van der Waals surface area contributed by atoms with Crippen molar-refractivity contribution in [1.82, 2.24) is 5.32 Å². The van der Waals surface area contributed by atoms with Gasteiger partial charge in [0, 0.05) is 19.1 Å². The average Bonchev–Trinajstić information content (AvgIpc) is 3.14. The van der Waals surface area contributed by atoms with Crippen LogP contribution in [0.5, 0.6) is 5.75 Å². The van der Waals surface area contributed by atoms with Crippen LogP contribution in [0.1, 0.15) is 36.4 Å². The van der Waals surface area contributed by atoms with E-state index in [4.69, 9.17) is 10.5 Å². The summed E-state index contributed by atoms with van der Waals surface area (Å²) >= 11 is 1.41. The normalized spacial score (nSPS) is 14.3. The third-order valence-corrected chi connectivity index (χ3v) is 4.50. The third-order valence-electron chi connectivity index (χ3n) is 3.26. The summed E-state index contributed by atoms with van der Waals surface area (Å²) in [6.07, 6.45) is 2.13. The van der Waals surface area contributed by atoms with Crippen molar-refractivity contribution in [1.29, 1.82) is 0 Å². The molecular formula is C13H21N3O2S. The Hall–Kier alpha value is -1.43. The zero-order valence-corrected chi connectivity index (χ0v) is 12.5. The van der Waals surface area contributed by atoms with Crippen LogP contribution in [0.3, 0.4) is 0 Å². The summed E-state index contributed by atoms with van der Waals surface area (Å²) in [6.45, 7) is 5.86. The number of carbonyl (C=O) groups excluding carboxylic acids is 1. The van der Waals surface area contributed by atoms with E-state index >= 15 is 0 Å². The molecule has 0 radical (unpaired) electrons. The molecule has 1 aromatic heterocycles. The first-order chi connectivity index (χ1) is 9.12. The van der Waals surface area contributed by atoms with Gasteiger partial charge >= 0.3 is 0 Å². The Kier molecular flexibility index (Phi) is 4.19. The second-order valence-corrected chi connectivity index (χ2v) is 5.60. The fourth-order valence-corrected chi connectivity index (χ4v) is 3.20. The number of rotatable bonds is 6. The minimum Gasteiger partial charge on any atom is -0.492 e. The highest BCUT2D eigenvalue weighted by Gasteiger charge is 2.28. The Morgan fingerprint density at radius 2 is 2.11 bits per heavy atom. The fourth-order valence-electron chi connectivity index (χ4n) is 1.98. The Morgan fingerprint density at radius 1 is 1.47 bits per heavy atom. The van der Waals surface area contributed by atoms with E-state index in [1.165, 1.54) is 11.3 Å². The number of nitrogens with two attached hydrogens (primary N) is 1. The van der Waals surface area contributed by atoms with E-state index in [1.807, 2.05) is 0 Å². The fraction of sp³-hybridized carbons (Fsp3) is 0.615. The number of nitrogen functional groups attached to an aromatic ring is 1. The van der Waals surface area contributed by atoms with E-state index in [1.54, 1.807) is 7.11 Å². The van der Waals surface area contributed by atoms with E-state index < -0.39 is 0 Å². The molecule has 1 heterocycles. The predicted octanol–water partition coefficient (Wildman–Crippen LogP) is 2.08. The zero-order chi connectivity index (χ0) is 14.0. The van der Waals surface area contributed by atoms with Crippen LogP contribution in [0.15, 0.2) is 0 Å². The van der Waals surface area contributed by atoms with Gasteiger partial charge in [-0.25, -0.2) is 0 Å². The Morgan fingerprint density at radius 3 is 2.58 bits per heavy atom. The van der Waals surface area contributed by atoms with Crippen LogP contribution < -0.4 is 20.7 Å². The number of anilines is 2. The Balaban J connectivity index is 2.31. The lowest BCUT2D eigenvalue weighted by Gasteiger charge is -2.19. The molecule has 6 heteroatoms. The summed E-state index contributed by atoms with van der Waals surface area (Å²) in [5.41, 5.74) is 6.51. The topological polar surface area (TPSA) is 67.6 Å². The van der Waals surface area contributed by atoms with Gasteiger partial charge in [-0.1, -0.05) is 0 Å². The van der Waals surface area contributed by atoms with Crippen LogP contribution >= 0.6 is 11.3 Å². The molecule has 1 saturated carbocycles. The summed E-state index contributed by atoms with van der Waals surface area (Å²) in [5, 5.41) is 3.90. The molecule has 1 aromatic rings. The van der Waals surface area contributed by atoms with Gasteiger partial charge in [-0.15, -0.1) is 11.3 Å². The highest BCUT2D eigenvalue weighted by atomic mass is 32.1. The number of thiophene rings is 1. The van der Waals surface area contributed by atoms with Crippen molar-refractivity contribution in [2.24, 2.45) is 0 Å². The number of nitrogens with zero attached hydrogens (tertiary/aromatic N) is 1. The average molecular weight is 283 g/mol. The minimum atomic E-state index is -0.0818. The highest BCUT2D eigenvalue weighted by molar-refractivity contribution is 7.19. The number of amides is 1. The first kappa shape index (κ1) is 14.0. The van der Waals surface area contributed by atoms with Crippen LogP contribution in [0, 0.1) is 0 Å². The van der Waals surface area contributed by atoms with E-state index in [2.05, 4.69) is 24.1 Å². The largest absolute Gasteiger partial charge is 0.492 e. The molecule has 0 spiro atoms. The van der Waals surface area contributed by atoms with Crippen LogP contribution in [-0.4, -0.2) is 32.1 Å². The van der Waals surface area contributed by atoms with Gasteiger partial charge in [-0.2, -0.15) is 0 Å². The lowest BCUT2D eigenvalue weighted by molar-refractivity contribution is 0.0956. The number of methoxy groups -OCH3 is 1. The van der Waals surface area contributed by atoms with Gasteiger partial charge in [0.05, 0.1) is 7.11 Å². The molecule has 0 bridgehead atoms. The van der Waals surface area contributed by atoms with Crippen molar-refractivity contribution in [3.63, 3.8) is 0 Å². The molecule has 2 rings (SSSR count). The molecule has 0 aliphatic heterocycles. The number of hydrogen-bond donors (Lipinski definition) is 2. The maximum Gasteiger partial charge on any atom is 0.263 e. The summed E-state index contributed by atoms with van der Waals surface area (Å²) in [7, 11) is 1.59. The Labute approximate surface area is 117 Å². The van der Waals surface area contributed by atoms with E-state index in [0.29, 0.717) is 22.4 Å². The third kappa shape index (κ3) is 2.78. The van der Waals surface area contributed by atoms with Crippen molar-refractivity contribution in [3.8, 4) is 5.75 Å². The Bertz CT molecular complexity index is 465. The van der Waals surface area contributed by atoms with Crippen LogP contribution in [0.4, 0.5) is 10.7 Å². The molecule has 1 amide bonds. The van der Waals surface area contributed by atoms with Crippen molar-refractivity contribution >= 4 is 27.9 Å². The molecule has 1 fully saturated rings. The molecule has 0 atom stereocenters.